The molecule has 3 nitrogen and oxygen atoms in total. The summed E-state index contributed by atoms with van der Waals surface area (Å²) in [5.41, 5.74) is -0.808. The molecule has 0 bridgehead atoms. The Morgan fingerprint density at radius 2 is 1.86 bits per heavy atom. The van der Waals surface area contributed by atoms with Crippen LogP contribution in [0.5, 0.6) is 0 Å². The quantitative estimate of drug-likeness (QED) is 0.929. The Kier molecular flexibility index (Phi) is 3.51. The molecule has 0 fully saturated rings. The Balaban J connectivity index is 2.72. The van der Waals surface area contributed by atoms with Gasteiger partial charge in [0.05, 0.1) is 5.56 Å². The first kappa shape index (κ1) is 15.4. The van der Waals surface area contributed by atoms with Crippen LogP contribution in [-0.4, -0.2) is 15.6 Å². The Bertz CT molecular complexity index is 699. The summed E-state index contributed by atoms with van der Waals surface area (Å²) in [7, 11) is 0. The van der Waals surface area contributed by atoms with Crippen molar-refractivity contribution in [2.45, 2.75) is 38.9 Å². The number of aliphatic carboxylic acids is 1. The molecule has 21 heavy (non-hydrogen) atoms. The largest absolute Gasteiger partial charge is 0.481 e. The van der Waals surface area contributed by atoms with Crippen molar-refractivity contribution in [3.05, 3.63) is 35.5 Å². The van der Waals surface area contributed by atoms with E-state index in [1.54, 1.807) is 18.4 Å². The minimum absolute atomic E-state index is 0.399. The van der Waals surface area contributed by atoms with Gasteiger partial charge in [-0.05, 0) is 45.0 Å². The summed E-state index contributed by atoms with van der Waals surface area (Å²) in [5, 5.41) is 9.73. The molecule has 114 valence electrons. The second kappa shape index (κ2) is 4.79. The number of carboxylic acids is 1. The highest BCUT2D eigenvalue weighted by molar-refractivity contribution is 5.87. The molecule has 6 heteroatoms. The van der Waals surface area contributed by atoms with Gasteiger partial charge in [0.1, 0.15) is 5.41 Å². The van der Waals surface area contributed by atoms with E-state index in [0.717, 1.165) is 12.1 Å². The fraction of sp³-hybridized carbons (Fsp3) is 0.400. The standard InChI is InChI=1S/C15H16F3NO2/c1-4-19-11-6-5-10(15(16,17)18)7-9(11)8-12(19)14(2,3)13(20)21/h5-8H,4H2,1-3H3,(H,20,21). The van der Waals surface area contributed by atoms with Crippen LogP contribution >= 0.6 is 0 Å². The molecular weight excluding hydrogens is 283 g/mol. The molecule has 0 unspecified atom stereocenters. The number of nitrogens with zero attached hydrogens (tertiary/aromatic N) is 1. The van der Waals surface area contributed by atoms with Crippen molar-refractivity contribution in [1.29, 1.82) is 0 Å². The van der Waals surface area contributed by atoms with E-state index in [0.29, 0.717) is 23.1 Å². The Labute approximate surface area is 120 Å². The molecule has 0 spiro atoms. The van der Waals surface area contributed by atoms with Crippen LogP contribution in [0.25, 0.3) is 10.9 Å². The molecule has 1 aromatic heterocycles. The number of hydrogen-bond acceptors (Lipinski definition) is 1. The predicted octanol–water partition coefficient (Wildman–Crippen LogP) is 4.04. The first-order valence-corrected chi connectivity index (χ1v) is 6.53. The van der Waals surface area contributed by atoms with Gasteiger partial charge >= 0.3 is 12.1 Å². The highest BCUT2D eigenvalue weighted by Crippen LogP contribution is 2.35. The van der Waals surface area contributed by atoms with E-state index < -0.39 is 23.1 Å². The fourth-order valence-electron chi connectivity index (χ4n) is 2.42. The van der Waals surface area contributed by atoms with Gasteiger partial charge in [-0.3, -0.25) is 4.79 Å². The molecule has 0 aliphatic rings. The monoisotopic (exact) mass is 299 g/mol. The second-order valence-corrected chi connectivity index (χ2v) is 5.48. The number of rotatable bonds is 3. The van der Waals surface area contributed by atoms with E-state index in [-0.39, 0.29) is 0 Å². The summed E-state index contributed by atoms with van der Waals surface area (Å²) >= 11 is 0. The predicted molar refractivity (Wildman–Crippen MR) is 73.3 cm³/mol. The smallest absolute Gasteiger partial charge is 0.416 e. The zero-order chi connectivity index (χ0) is 16.0. The number of aromatic nitrogens is 1. The van der Waals surface area contributed by atoms with Crippen molar-refractivity contribution in [2.24, 2.45) is 0 Å². The van der Waals surface area contributed by atoms with E-state index in [1.807, 2.05) is 6.92 Å². The highest BCUT2D eigenvalue weighted by atomic mass is 19.4. The fourth-order valence-corrected chi connectivity index (χ4v) is 2.42. The van der Waals surface area contributed by atoms with Gasteiger partial charge in [0.15, 0.2) is 0 Å². The normalized spacial score (nSPS) is 12.9. The van der Waals surface area contributed by atoms with Crippen molar-refractivity contribution in [2.75, 3.05) is 0 Å². The molecule has 0 saturated carbocycles. The summed E-state index contributed by atoms with van der Waals surface area (Å²) < 4.78 is 40.0. The van der Waals surface area contributed by atoms with Gasteiger partial charge in [-0.2, -0.15) is 13.2 Å². The van der Waals surface area contributed by atoms with Crippen molar-refractivity contribution in [3.8, 4) is 0 Å². The summed E-state index contributed by atoms with van der Waals surface area (Å²) in [4.78, 5) is 11.4. The lowest BCUT2D eigenvalue weighted by molar-refractivity contribution is -0.142. The molecule has 2 aromatic rings. The zero-order valence-electron chi connectivity index (χ0n) is 12.0. The van der Waals surface area contributed by atoms with Crippen LogP contribution in [-0.2, 0) is 22.9 Å². The van der Waals surface area contributed by atoms with E-state index in [1.165, 1.54) is 12.1 Å². The molecule has 2 rings (SSSR count). The van der Waals surface area contributed by atoms with E-state index in [2.05, 4.69) is 0 Å². The minimum Gasteiger partial charge on any atom is -0.481 e. The summed E-state index contributed by atoms with van der Waals surface area (Å²) in [5.74, 6) is -1.02. The molecule has 1 aromatic carbocycles. The van der Waals surface area contributed by atoms with Gasteiger partial charge in [-0.25, -0.2) is 0 Å². The number of halogens is 3. The highest BCUT2D eigenvalue weighted by Gasteiger charge is 2.34. The maximum absolute atomic E-state index is 12.8. The van der Waals surface area contributed by atoms with E-state index in [9.17, 15) is 23.1 Å². The Morgan fingerprint density at radius 3 is 2.33 bits per heavy atom. The van der Waals surface area contributed by atoms with Crippen LogP contribution in [0, 0.1) is 0 Å². The van der Waals surface area contributed by atoms with Crippen LogP contribution in [0.3, 0.4) is 0 Å². The molecule has 0 atom stereocenters. The van der Waals surface area contributed by atoms with Crippen molar-refractivity contribution in [3.63, 3.8) is 0 Å². The third kappa shape index (κ3) is 2.50. The van der Waals surface area contributed by atoms with Crippen LogP contribution in [0.2, 0.25) is 0 Å². The third-order valence-electron chi connectivity index (χ3n) is 3.72. The zero-order valence-corrected chi connectivity index (χ0v) is 12.0. The second-order valence-electron chi connectivity index (χ2n) is 5.48. The lowest BCUT2D eigenvalue weighted by Gasteiger charge is -2.21. The number of benzene rings is 1. The van der Waals surface area contributed by atoms with Crippen LogP contribution in [0.4, 0.5) is 13.2 Å². The number of carboxylic acid groups (broad SMARTS) is 1. The lowest BCUT2D eigenvalue weighted by atomic mass is 9.89. The van der Waals surface area contributed by atoms with Crippen molar-refractivity contribution >= 4 is 16.9 Å². The molecule has 0 saturated heterocycles. The van der Waals surface area contributed by atoms with Gasteiger partial charge in [0, 0.05) is 23.1 Å². The topological polar surface area (TPSA) is 42.2 Å². The Hall–Kier alpha value is -1.98. The van der Waals surface area contributed by atoms with Crippen molar-refractivity contribution < 1.29 is 23.1 Å². The molecular formula is C15H16F3NO2. The van der Waals surface area contributed by atoms with Crippen LogP contribution in [0.1, 0.15) is 32.0 Å². The number of carbonyl (C=O) groups is 1. The van der Waals surface area contributed by atoms with Crippen LogP contribution < -0.4 is 0 Å². The first-order valence-electron chi connectivity index (χ1n) is 6.53. The summed E-state index contributed by atoms with van der Waals surface area (Å²) in [6.07, 6.45) is -4.41. The van der Waals surface area contributed by atoms with Gasteiger partial charge in [-0.15, -0.1) is 0 Å². The molecule has 0 amide bonds. The molecule has 0 radical (unpaired) electrons. The third-order valence-corrected chi connectivity index (χ3v) is 3.72. The average Bonchev–Trinajstić information content (AvgIpc) is 2.75. The lowest BCUT2D eigenvalue weighted by Crippen LogP contribution is -2.31. The van der Waals surface area contributed by atoms with Gasteiger partial charge < -0.3 is 9.67 Å². The molecule has 0 aliphatic carbocycles. The van der Waals surface area contributed by atoms with Crippen molar-refractivity contribution in [1.82, 2.24) is 4.57 Å². The maximum atomic E-state index is 12.8. The van der Waals surface area contributed by atoms with Crippen LogP contribution in [0.15, 0.2) is 24.3 Å². The van der Waals surface area contributed by atoms with Gasteiger partial charge in [-0.1, -0.05) is 0 Å². The first-order chi connectivity index (χ1) is 9.59. The van der Waals surface area contributed by atoms with E-state index in [4.69, 9.17) is 0 Å². The van der Waals surface area contributed by atoms with E-state index >= 15 is 0 Å². The number of hydrogen-bond donors (Lipinski definition) is 1. The van der Waals surface area contributed by atoms with Gasteiger partial charge in [0.25, 0.3) is 0 Å². The SMILES string of the molecule is CCn1c(C(C)(C)C(=O)O)cc2cc(C(F)(F)F)ccc21. The molecule has 1 heterocycles. The van der Waals surface area contributed by atoms with Gasteiger partial charge in [0.2, 0.25) is 0 Å². The maximum Gasteiger partial charge on any atom is 0.416 e. The number of fused-ring (bicyclic) bond motifs is 1. The number of alkyl halides is 3. The number of aryl methyl sites for hydroxylation is 1. The Morgan fingerprint density at radius 1 is 1.24 bits per heavy atom. The summed E-state index contributed by atoms with van der Waals surface area (Å²) in [6, 6.07) is 5.00. The molecule has 0 aliphatic heterocycles. The minimum atomic E-state index is -4.41. The summed E-state index contributed by atoms with van der Waals surface area (Å²) in [6.45, 7) is 5.40. The molecule has 1 N–H and O–H groups in total. The average molecular weight is 299 g/mol.